The van der Waals surface area contributed by atoms with E-state index in [1.807, 2.05) is 0 Å². The highest BCUT2D eigenvalue weighted by molar-refractivity contribution is 5.73. The molecule has 0 aromatic rings. The molecule has 3 aliphatic rings. The zero-order valence-corrected chi connectivity index (χ0v) is 7.90. The molecular weight excluding hydrogens is 168 g/mol. The van der Waals surface area contributed by atoms with Crippen LogP contribution in [0.5, 0.6) is 0 Å². The second kappa shape index (κ2) is 3.29. The zero-order chi connectivity index (χ0) is 9.42. The summed E-state index contributed by atoms with van der Waals surface area (Å²) in [7, 11) is 1.43. The van der Waals surface area contributed by atoms with E-state index in [2.05, 4.69) is 0 Å². The normalized spacial score (nSPS) is 43.2. The molecule has 4 atom stereocenters. The fourth-order valence-electron chi connectivity index (χ4n) is 2.89. The van der Waals surface area contributed by atoms with Crippen molar-refractivity contribution in [1.82, 2.24) is 0 Å². The molecule has 0 radical (unpaired) electrons. The van der Waals surface area contributed by atoms with Gasteiger partial charge in [-0.25, -0.2) is 0 Å². The number of carbonyl (C=O) groups excluding carboxylic acids is 1. The van der Waals surface area contributed by atoms with Crippen LogP contribution in [0.1, 0.15) is 25.7 Å². The minimum atomic E-state index is -0.267. The van der Waals surface area contributed by atoms with Crippen molar-refractivity contribution in [2.45, 2.75) is 31.8 Å². The molecule has 3 aliphatic carbocycles. The van der Waals surface area contributed by atoms with Gasteiger partial charge in [0.25, 0.3) is 0 Å². The Hall–Kier alpha value is -0.570. The summed E-state index contributed by atoms with van der Waals surface area (Å²) in [5, 5.41) is 9.71. The third-order valence-electron chi connectivity index (χ3n) is 3.59. The topological polar surface area (TPSA) is 46.5 Å². The van der Waals surface area contributed by atoms with E-state index in [0.717, 1.165) is 19.3 Å². The van der Waals surface area contributed by atoms with Gasteiger partial charge in [0.05, 0.1) is 19.1 Å². The summed E-state index contributed by atoms with van der Waals surface area (Å²) in [4.78, 5) is 11.4. The highest BCUT2D eigenvalue weighted by Crippen LogP contribution is 2.45. The van der Waals surface area contributed by atoms with E-state index in [4.69, 9.17) is 4.74 Å². The minimum absolute atomic E-state index is 0.0347. The molecule has 3 fully saturated rings. The van der Waals surface area contributed by atoms with Crippen LogP contribution in [0.25, 0.3) is 0 Å². The van der Waals surface area contributed by atoms with Crippen molar-refractivity contribution >= 4 is 5.97 Å². The van der Waals surface area contributed by atoms with Crippen LogP contribution in [0.4, 0.5) is 0 Å². The number of hydrogen-bond donors (Lipinski definition) is 1. The summed E-state index contributed by atoms with van der Waals surface area (Å²) in [6.45, 7) is 0. The van der Waals surface area contributed by atoms with Gasteiger partial charge in [-0.3, -0.25) is 4.79 Å². The van der Waals surface area contributed by atoms with Crippen LogP contribution in [-0.2, 0) is 9.53 Å². The molecule has 0 heterocycles. The lowest BCUT2D eigenvalue weighted by atomic mass is 9.63. The van der Waals surface area contributed by atoms with E-state index in [1.54, 1.807) is 0 Å². The third kappa shape index (κ3) is 1.46. The highest BCUT2D eigenvalue weighted by Gasteiger charge is 2.44. The minimum Gasteiger partial charge on any atom is -0.469 e. The van der Waals surface area contributed by atoms with Crippen molar-refractivity contribution < 1.29 is 14.6 Å². The van der Waals surface area contributed by atoms with Gasteiger partial charge in [-0.05, 0) is 37.5 Å². The first-order valence-corrected chi connectivity index (χ1v) is 4.98. The van der Waals surface area contributed by atoms with E-state index in [1.165, 1.54) is 13.5 Å². The monoisotopic (exact) mass is 184 g/mol. The molecular formula is C10H16O3. The standard InChI is InChI=1S/C10H16O3/c1-13-10(12)8-4-6-2-3-7(8)9(11)5-6/h6-9,11H,2-5H2,1H3/t6-,7+,8-,9-/m1/s1. The maximum Gasteiger partial charge on any atom is 0.309 e. The average molecular weight is 184 g/mol. The maximum absolute atomic E-state index is 11.4. The van der Waals surface area contributed by atoms with Crippen LogP contribution >= 0.6 is 0 Å². The Morgan fingerprint density at radius 1 is 1.38 bits per heavy atom. The summed E-state index contributed by atoms with van der Waals surface area (Å²) in [5.41, 5.74) is 0. The van der Waals surface area contributed by atoms with E-state index in [0.29, 0.717) is 5.92 Å². The lowest BCUT2D eigenvalue weighted by molar-refractivity contribution is -0.156. The number of aliphatic hydroxyl groups is 1. The average Bonchev–Trinajstić information content (AvgIpc) is 2.17. The predicted octanol–water partition coefficient (Wildman–Crippen LogP) is 0.956. The Morgan fingerprint density at radius 3 is 2.69 bits per heavy atom. The Balaban J connectivity index is 2.10. The SMILES string of the molecule is COC(=O)[C@@H]1C[C@H]2CC[C@@H]1[C@H](O)C2. The summed E-state index contributed by atoms with van der Waals surface area (Å²) in [5.74, 6) is 0.544. The van der Waals surface area contributed by atoms with Gasteiger partial charge in [-0.15, -0.1) is 0 Å². The number of esters is 1. The molecule has 13 heavy (non-hydrogen) atoms. The fraction of sp³-hybridized carbons (Fsp3) is 0.900. The number of methoxy groups -OCH3 is 1. The molecule has 0 aliphatic heterocycles. The predicted molar refractivity (Wildman–Crippen MR) is 47.0 cm³/mol. The van der Waals surface area contributed by atoms with Crippen LogP contribution in [0, 0.1) is 17.8 Å². The molecule has 2 bridgehead atoms. The van der Waals surface area contributed by atoms with Gasteiger partial charge in [-0.2, -0.15) is 0 Å². The van der Waals surface area contributed by atoms with Crippen LogP contribution < -0.4 is 0 Å². The Bertz CT molecular complexity index is 214. The molecule has 3 saturated carbocycles. The second-order valence-electron chi connectivity index (χ2n) is 4.28. The molecule has 0 aromatic carbocycles. The molecule has 0 aromatic heterocycles. The number of aliphatic hydroxyl groups excluding tert-OH is 1. The van der Waals surface area contributed by atoms with Crippen LogP contribution in [0.3, 0.4) is 0 Å². The number of ether oxygens (including phenoxy) is 1. The van der Waals surface area contributed by atoms with E-state index >= 15 is 0 Å². The first kappa shape index (κ1) is 9.00. The van der Waals surface area contributed by atoms with Crippen molar-refractivity contribution in [3.63, 3.8) is 0 Å². The lowest BCUT2D eigenvalue weighted by Crippen LogP contribution is -2.44. The molecule has 0 amide bonds. The van der Waals surface area contributed by atoms with Gasteiger partial charge in [0.15, 0.2) is 0 Å². The van der Waals surface area contributed by atoms with Gasteiger partial charge in [0.1, 0.15) is 0 Å². The van der Waals surface area contributed by atoms with E-state index in [-0.39, 0.29) is 23.9 Å². The first-order valence-electron chi connectivity index (χ1n) is 4.98. The van der Waals surface area contributed by atoms with E-state index in [9.17, 15) is 9.90 Å². The van der Waals surface area contributed by atoms with Gasteiger partial charge in [-0.1, -0.05) is 0 Å². The molecule has 3 rings (SSSR count). The first-order chi connectivity index (χ1) is 6.22. The molecule has 1 N–H and O–H groups in total. The van der Waals surface area contributed by atoms with Crippen molar-refractivity contribution in [2.75, 3.05) is 7.11 Å². The quantitative estimate of drug-likeness (QED) is 0.617. The largest absolute Gasteiger partial charge is 0.469 e. The Labute approximate surface area is 78.1 Å². The van der Waals surface area contributed by atoms with Gasteiger partial charge in [0, 0.05) is 0 Å². The fourth-order valence-corrected chi connectivity index (χ4v) is 2.89. The van der Waals surface area contributed by atoms with Gasteiger partial charge >= 0.3 is 5.97 Å². The smallest absolute Gasteiger partial charge is 0.309 e. The summed E-state index contributed by atoms with van der Waals surface area (Å²) >= 11 is 0. The molecule has 0 unspecified atom stereocenters. The summed E-state index contributed by atoms with van der Waals surface area (Å²) in [6, 6.07) is 0. The molecule has 74 valence electrons. The molecule has 3 heteroatoms. The highest BCUT2D eigenvalue weighted by atomic mass is 16.5. The zero-order valence-electron chi connectivity index (χ0n) is 7.90. The molecule has 3 nitrogen and oxygen atoms in total. The van der Waals surface area contributed by atoms with Crippen LogP contribution in [0.15, 0.2) is 0 Å². The van der Waals surface area contributed by atoms with Crippen molar-refractivity contribution in [1.29, 1.82) is 0 Å². The molecule has 0 spiro atoms. The maximum atomic E-state index is 11.4. The number of fused-ring (bicyclic) bond motifs is 3. The van der Waals surface area contributed by atoms with Crippen molar-refractivity contribution in [2.24, 2.45) is 17.8 Å². The van der Waals surface area contributed by atoms with E-state index < -0.39 is 0 Å². The van der Waals surface area contributed by atoms with Crippen LogP contribution in [-0.4, -0.2) is 24.3 Å². The number of hydrogen-bond acceptors (Lipinski definition) is 3. The number of carbonyl (C=O) groups is 1. The second-order valence-corrected chi connectivity index (χ2v) is 4.28. The van der Waals surface area contributed by atoms with Gasteiger partial charge < -0.3 is 9.84 Å². The summed E-state index contributed by atoms with van der Waals surface area (Å²) in [6.07, 6.45) is 3.71. The lowest BCUT2D eigenvalue weighted by Gasteiger charge is -2.44. The molecule has 0 saturated heterocycles. The third-order valence-corrected chi connectivity index (χ3v) is 3.59. The Morgan fingerprint density at radius 2 is 2.15 bits per heavy atom. The van der Waals surface area contributed by atoms with Crippen molar-refractivity contribution in [3.8, 4) is 0 Å². The van der Waals surface area contributed by atoms with Gasteiger partial charge in [0.2, 0.25) is 0 Å². The number of rotatable bonds is 1. The van der Waals surface area contributed by atoms with Crippen LogP contribution in [0.2, 0.25) is 0 Å². The summed E-state index contributed by atoms with van der Waals surface area (Å²) < 4.78 is 4.74. The van der Waals surface area contributed by atoms with Crippen molar-refractivity contribution in [3.05, 3.63) is 0 Å². The Kier molecular flexibility index (Phi) is 2.28.